The summed E-state index contributed by atoms with van der Waals surface area (Å²) < 4.78 is 0. The maximum atomic E-state index is 4.43. The molecular formula is C20H34IN5. The molecule has 0 aromatic heterocycles. The van der Waals surface area contributed by atoms with Gasteiger partial charge in [-0.05, 0) is 32.5 Å². The van der Waals surface area contributed by atoms with Gasteiger partial charge in [0.2, 0.25) is 0 Å². The lowest BCUT2D eigenvalue weighted by molar-refractivity contribution is 0.116. The van der Waals surface area contributed by atoms with Crippen molar-refractivity contribution in [3.05, 3.63) is 35.9 Å². The quantitative estimate of drug-likeness (QED) is 0.393. The van der Waals surface area contributed by atoms with Crippen LogP contribution in [0.1, 0.15) is 24.8 Å². The smallest absolute Gasteiger partial charge is 0.191 e. The Kier molecular flexibility index (Phi) is 8.16. The summed E-state index contributed by atoms with van der Waals surface area (Å²) in [6, 6.07) is 11.5. The van der Waals surface area contributed by atoms with Crippen LogP contribution < -0.4 is 10.6 Å². The number of aliphatic imine (C=N–C) groups is 1. The molecule has 2 aliphatic rings. The molecule has 0 spiro atoms. The number of hydrogen-bond acceptors (Lipinski definition) is 3. The Morgan fingerprint density at radius 2 is 1.88 bits per heavy atom. The van der Waals surface area contributed by atoms with Crippen LogP contribution in [-0.2, 0) is 5.41 Å². The van der Waals surface area contributed by atoms with Gasteiger partial charge < -0.3 is 15.5 Å². The van der Waals surface area contributed by atoms with E-state index in [1.807, 2.05) is 7.05 Å². The number of benzene rings is 1. The Hall–Kier alpha value is -0.860. The lowest BCUT2D eigenvalue weighted by atomic mass is 9.64. The Bertz CT molecular complexity index is 573. The van der Waals surface area contributed by atoms with Crippen LogP contribution in [0.25, 0.3) is 0 Å². The molecule has 5 nitrogen and oxygen atoms in total. The van der Waals surface area contributed by atoms with Crippen molar-refractivity contribution in [3.63, 3.8) is 0 Å². The van der Waals surface area contributed by atoms with Crippen LogP contribution in [0.2, 0.25) is 0 Å². The van der Waals surface area contributed by atoms with Gasteiger partial charge in [-0.1, -0.05) is 36.8 Å². The van der Waals surface area contributed by atoms with E-state index < -0.39 is 0 Å². The molecule has 1 saturated heterocycles. The zero-order valence-corrected chi connectivity index (χ0v) is 18.7. The molecule has 3 rings (SSSR count). The molecule has 0 radical (unpaired) electrons. The number of nitrogens with zero attached hydrogens (tertiary/aromatic N) is 3. The predicted octanol–water partition coefficient (Wildman–Crippen LogP) is 2.14. The van der Waals surface area contributed by atoms with E-state index >= 15 is 0 Å². The molecule has 1 aromatic carbocycles. The number of piperazine rings is 1. The molecule has 2 N–H and O–H groups in total. The van der Waals surface area contributed by atoms with Gasteiger partial charge in [-0.3, -0.25) is 9.89 Å². The van der Waals surface area contributed by atoms with Crippen LogP contribution in [0.5, 0.6) is 0 Å². The first-order valence-corrected chi connectivity index (χ1v) is 9.52. The Morgan fingerprint density at radius 1 is 1.15 bits per heavy atom. The summed E-state index contributed by atoms with van der Waals surface area (Å²) in [6.07, 6.45) is 3.84. The lowest BCUT2D eigenvalue weighted by Gasteiger charge is -2.43. The van der Waals surface area contributed by atoms with Crippen LogP contribution in [-0.4, -0.2) is 75.7 Å². The van der Waals surface area contributed by atoms with E-state index in [2.05, 4.69) is 69.9 Å². The number of likely N-dealkylation sites (N-methyl/N-ethyl adjacent to an activating group) is 2. The van der Waals surface area contributed by atoms with Crippen LogP contribution in [0, 0.1) is 0 Å². The standard InChI is InChI=1S/C20H33N5.HI/c1-21-19(22-14-18-15-24(2)12-13-25(18)3)23-16-20(10-7-11-20)17-8-5-4-6-9-17;/h4-6,8-9,18H,7,10-16H2,1-3H3,(H2,21,22,23);1H. The van der Waals surface area contributed by atoms with Crippen molar-refractivity contribution >= 4 is 29.9 Å². The van der Waals surface area contributed by atoms with E-state index in [-0.39, 0.29) is 29.4 Å². The maximum Gasteiger partial charge on any atom is 0.191 e. The van der Waals surface area contributed by atoms with Gasteiger partial charge >= 0.3 is 0 Å². The fourth-order valence-corrected chi connectivity index (χ4v) is 3.97. The molecule has 146 valence electrons. The molecule has 6 heteroatoms. The minimum Gasteiger partial charge on any atom is -0.356 e. The summed E-state index contributed by atoms with van der Waals surface area (Å²) in [5.41, 5.74) is 1.73. The Morgan fingerprint density at radius 3 is 2.50 bits per heavy atom. The second-order valence-electron chi connectivity index (χ2n) is 7.70. The Balaban J connectivity index is 0.00000243. The molecule has 1 unspecified atom stereocenters. The van der Waals surface area contributed by atoms with E-state index in [0.717, 1.165) is 38.7 Å². The minimum atomic E-state index is 0. The van der Waals surface area contributed by atoms with Gasteiger partial charge in [-0.2, -0.15) is 0 Å². The number of rotatable bonds is 5. The normalized spacial score (nSPS) is 23.7. The fraction of sp³-hybridized carbons (Fsp3) is 0.650. The van der Waals surface area contributed by atoms with Crippen molar-refractivity contribution in [3.8, 4) is 0 Å². The first kappa shape index (κ1) is 21.4. The molecule has 0 amide bonds. The second kappa shape index (κ2) is 9.90. The van der Waals surface area contributed by atoms with Gasteiger partial charge in [0, 0.05) is 51.2 Å². The molecule has 0 bridgehead atoms. The van der Waals surface area contributed by atoms with Gasteiger partial charge in [0.25, 0.3) is 0 Å². The van der Waals surface area contributed by atoms with Gasteiger partial charge in [-0.15, -0.1) is 24.0 Å². The largest absolute Gasteiger partial charge is 0.356 e. The average Bonchev–Trinajstić information content (AvgIpc) is 2.60. The van der Waals surface area contributed by atoms with Crippen molar-refractivity contribution in [2.24, 2.45) is 4.99 Å². The molecule has 1 saturated carbocycles. The minimum absolute atomic E-state index is 0. The van der Waals surface area contributed by atoms with Gasteiger partial charge in [0.1, 0.15) is 0 Å². The summed E-state index contributed by atoms with van der Waals surface area (Å²) in [4.78, 5) is 9.28. The third-order valence-electron chi connectivity index (χ3n) is 6.00. The van der Waals surface area contributed by atoms with E-state index in [0.29, 0.717) is 6.04 Å². The summed E-state index contributed by atoms with van der Waals surface area (Å²) >= 11 is 0. The summed E-state index contributed by atoms with van der Waals surface area (Å²) in [6.45, 7) is 5.27. The lowest BCUT2D eigenvalue weighted by Crippen LogP contribution is -2.56. The third-order valence-corrected chi connectivity index (χ3v) is 6.00. The topological polar surface area (TPSA) is 42.9 Å². The molecular weight excluding hydrogens is 437 g/mol. The van der Waals surface area contributed by atoms with Crippen molar-refractivity contribution < 1.29 is 0 Å². The number of guanidine groups is 1. The highest BCUT2D eigenvalue weighted by atomic mass is 127. The van der Waals surface area contributed by atoms with Crippen molar-refractivity contribution in [2.45, 2.75) is 30.7 Å². The van der Waals surface area contributed by atoms with E-state index in [4.69, 9.17) is 0 Å². The van der Waals surface area contributed by atoms with Crippen molar-refractivity contribution in [1.29, 1.82) is 0 Å². The zero-order valence-electron chi connectivity index (χ0n) is 16.4. The van der Waals surface area contributed by atoms with Gasteiger partial charge in [-0.25, -0.2) is 0 Å². The molecule has 1 heterocycles. The highest BCUT2D eigenvalue weighted by Crippen LogP contribution is 2.43. The van der Waals surface area contributed by atoms with Crippen LogP contribution in [0.15, 0.2) is 35.3 Å². The SMILES string of the molecule is CN=C(NCC1CN(C)CCN1C)NCC1(c2ccccc2)CCC1.I. The molecule has 1 atom stereocenters. The van der Waals surface area contributed by atoms with Crippen LogP contribution in [0.3, 0.4) is 0 Å². The van der Waals surface area contributed by atoms with Crippen molar-refractivity contribution in [2.75, 3.05) is 53.9 Å². The summed E-state index contributed by atoms with van der Waals surface area (Å²) in [5, 5.41) is 7.12. The van der Waals surface area contributed by atoms with E-state index in [9.17, 15) is 0 Å². The number of nitrogens with one attached hydrogen (secondary N) is 2. The highest BCUT2D eigenvalue weighted by Gasteiger charge is 2.38. The summed E-state index contributed by atoms with van der Waals surface area (Å²) in [7, 11) is 6.28. The van der Waals surface area contributed by atoms with E-state index in [1.165, 1.54) is 24.8 Å². The average molecular weight is 471 g/mol. The zero-order chi connectivity index (χ0) is 17.7. The first-order chi connectivity index (χ1) is 12.1. The molecule has 1 aliphatic carbocycles. The Labute approximate surface area is 175 Å². The monoisotopic (exact) mass is 471 g/mol. The third kappa shape index (κ3) is 5.10. The van der Waals surface area contributed by atoms with Crippen LogP contribution >= 0.6 is 24.0 Å². The molecule has 26 heavy (non-hydrogen) atoms. The number of hydrogen-bond donors (Lipinski definition) is 2. The highest BCUT2D eigenvalue weighted by molar-refractivity contribution is 14.0. The maximum absolute atomic E-state index is 4.43. The molecule has 2 fully saturated rings. The number of halogens is 1. The summed E-state index contributed by atoms with van der Waals surface area (Å²) in [5.74, 6) is 0.920. The van der Waals surface area contributed by atoms with Crippen LogP contribution in [0.4, 0.5) is 0 Å². The van der Waals surface area contributed by atoms with E-state index in [1.54, 1.807) is 0 Å². The predicted molar refractivity (Wildman–Crippen MR) is 121 cm³/mol. The van der Waals surface area contributed by atoms with Crippen molar-refractivity contribution in [1.82, 2.24) is 20.4 Å². The van der Waals surface area contributed by atoms with Gasteiger partial charge in [0.05, 0.1) is 0 Å². The molecule has 1 aromatic rings. The second-order valence-corrected chi connectivity index (χ2v) is 7.70. The molecule has 1 aliphatic heterocycles. The first-order valence-electron chi connectivity index (χ1n) is 9.52. The fourth-order valence-electron chi connectivity index (χ4n) is 3.97. The van der Waals surface area contributed by atoms with Gasteiger partial charge in [0.15, 0.2) is 5.96 Å².